The zero-order chi connectivity index (χ0) is 21.8. The summed E-state index contributed by atoms with van der Waals surface area (Å²) >= 11 is 0. The number of amides is 2. The molecule has 1 aliphatic heterocycles. The molecule has 1 heterocycles. The van der Waals surface area contributed by atoms with Crippen molar-refractivity contribution in [3.05, 3.63) is 95.1 Å². The van der Waals surface area contributed by atoms with Crippen LogP contribution in [0.3, 0.4) is 0 Å². The van der Waals surface area contributed by atoms with Crippen molar-refractivity contribution in [3.63, 3.8) is 0 Å². The number of methoxy groups -OCH3 is 1. The molecule has 1 aliphatic rings. The Morgan fingerprint density at radius 2 is 1.68 bits per heavy atom. The van der Waals surface area contributed by atoms with Gasteiger partial charge in [-0.25, -0.2) is 0 Å². The van der Waals surface area contributed by atoms with Gasteiger partial charge < -0.3 is 15.0 Å². The summed E-state index contributed by atoms with van der Waals surface area (Å²) in [6.07, 6.45) is 1.73. The van der Waals surface area contributed by atoms with E-state index in [0.29, 0.717) is 23.4 Å². The fraction of sp³-hybridized carbons (Fsp3) is 0.231. The average molecular weight is 415 g/mol. The molecular formula is C26H26N2O3. The number of rotatable bonds is 4. The number of benzene rings is 3. The van der Waals surface area contributed by atoms with Gasteiger partial charge in [0.25, 0.3) is 11.8 Å². The quantitative estimate of drug-likeness (QED) is 0.624. The molecule has 0 spiro atoms. The van der Waals surface area contributed by atoms with Gasteiger partial charge in [-0.15, -0.1) is 0 Å². The highest BCUT2D eigenvalue weighted by atomic mass is 16.5. The Bertz CT molecular complexity index is 1090. The highest BCUT2D eigenvalue weighted by molar-refractivity contribution is 6.08. The van der Waals surface area contributed by atoms with E-state index in [1.165, 1.54) is 0 Å². The topological polar surface area (TPSA) is 58.6 Å². The van der Waals surface area contributed by atoms with E-state index in [1.54, 1.807) is 37.4 Å². The van der Waals surface area contributed by atoms with Gasteiger partial charge in [-0.1, -0.05) is 36.4 Å². The predicted molar refractivity (Wildman–Crippen MR) is 123 cm³/mol. The lowest BCUT2D eigenvalue weighted by Crippen LogP contribution is -2.31. The summed E-state index contributed by atoms with van der Waals surface area (Å²) in [6.45, 7) is 2.55. The molecule has 31 heavy (non-hydrogen) atoms. The SMILES string of the molecule is CO[C@@H]1CCCN(C(=O)c2ccc(NC(=O)c3ccccc3C)cc2)c2ccccc21. The monoisotopic (exact) mass is 414 g/mol. The second kappa shape index (κ2) is 9.14. The number of hydrogen-bond acceptors (Lipinski definition) is 3. The zero-order valence-electron chi connectivity index (χ0n) is 17.8. The van der Waals surface area contributed by atoms with E-state index in [4.69, 9.17) is 4.74 Å². The molecule has 0 unspecified atom stereocenters. The molecule has 1 N–H and O–H groups in total. The first-order valence-electron chi connectivity index (χ1n) is 10.5. The molecule has 0 bridgehead atoms. The number of aryl methyl sites for hydroxylation is 1. The van der Waals surface area contributed by atoms with Gasteiger partial charge in [-0.05, 0) is 61.7 Å². The van der Waals surface area contributed by atoms with Crippen LogP contribution in [0.5, 0.6) is 0 Å². The molecule has 0 aromatic heterocycles. The standard InChI is InChI=1S/C26H26N2O3/c1-18-8-3-4-9-21(18)25(29)27-20-15-13-19(14-16-20)26(30)28-17-7-12-24(31-2)22-10-5-6-11-23(22)28/h3-6,8-11,13-16,24H,7,12,17H2,1-2H3,(H,27,29)/t24-/m1/s1. The maximum Gasteiger partial charge on any atom is 0.258 e. The summed E-state index contributed by atoms with van der Waals surface area (Å²) in [5, 5.41) is 2.90. The summed E-state index contributed by atoms with van der Waals surface area (Å²) in [6, 6.07) is 22.4. The number of para-hydroxylation sites is 1. The van der Waals surface area contributed by atoms with Crippen LogP contribution in [0.1, 0.15) is 50.8 Å². The number of anilines is 2. The van der Waals surface area contributed by atoms with Crippen molar-refractivity contribution in [3.8, 4) is 0 Å². The number of hydrogen-bond donors (Lipinski definition) is 1. The normalized spacial score (nSPS) is 15.7. The fourth-order valence-electron chi connectivity index (χ4n) is 4.05. The molecule has 158 valence electrons. The summed E-state index contributed by atoms with van der Waals surface area (Å²) in [7, 11) is 1.71. The van der Waals surface area contributed by atoms with Crippen LogP contribution in [-0.4, -0.2) is 25.5 Å². The second-order valence-corrected chi connectivity index (χ2v) is 7.73. The molecular weight excluding hydrogens is 388 g/mol. The van der Waals surface area contributed by atoms with Crippen LogP contribution in [0.4, 0.5) is 11.4 Å². The molecule has 3 aromatic carbocycles. The van der Waals surface area contributed by atoms with E-state index in [9.17, 15) is 9.59 Å². The molecule has 2 amide bonds. The Morgan fingerprint density at radius 1 is 0.968 bits per heavy atom. The van der Waals surface area contributed by atoms with Gasteiger partial charge in [-0.3, -0.25) is 9.59 Å². The van der Waals surface area contributed by atoms with Crippen LogP contribution in [0, 0.1) is 6.92 Å². The number of nitrogens with one attached hydrogen (secondary N) is 1. The van der Waals surface area contributed by atoms with Gasteiger partial charge in [0.05, 0.1) is 6.10 Å². The molecule has 5 heteroatoms. The molecule has 1 atom stereocenters. The van der Waals surface area contributed by atoms with E-state index < -0.39 is 0 Å². The molecule has 0 saturated carbocycles. The molecule has 0 radical (unpaired) electrons. The molecule has 3 aromatic rings. The average Bonchev–Trinajstić information content (AvgIpc) is 2.99. The van der Waals surface area contributed by atoms with Crippen molar-refractivity contribution in [1.82, 2.24) is 0 Å². The van der Waals surface area contributed by atoms with Gasteiger partial charge >= 0.3 is 0 Å². The molecule has 4 rings (SSSR count). The Labute approximate surface area is 182 Å². The first-order chi connectivity index (χ1) is 15.1. The highest BCUT2D eigenvalue weighted by Gasteiger charge is 2.26. The van der Waals surface area contributed by atoms with Crippen LogP contribution in [0.2, 0.25) is 0 Å². The Balaban J connectivity index is 1.53. The minimum atomic E-state index is -0.163. The maximum absolute atomic E-state index is 13.3. The molecule has 0 fully saturated rings. The number of carbonyl (C=O) groups excluding carboxylic acids is 2. The summed E-state index contributed by atoms with van der Waals surface area (Å²) < 4.78 is 5.65. The number of ether oxygens (including phenoxy) is 1. The van der Waals surface area contributed by atoms with Crippen LogP contribution < -0.4 is 10.2 Å². The summed E-state index contributed by atoms with van der Waals surface area (Å²) in [5.41, 5.74) is 4.73. The van der Waals surface area contributed by atoms with Crippen molar-refractivity contribution in [1.29, 1.82) is 0 Å². The van der Waals surface area contributed by atoms with Gasteiger partial charge in [0.15, 0.2) is 0 Å². The number of carbonyl (C=O) groups is 2. The minimum absolute atomic E-state index is 0.00645. The molecule has 0 saturated heterocycles. The van der Waals surface area contributed by atoms with Crippen LogP contribution in [0.15, 0.2) is 72.8 Å². The van der Waals surface area contributed by atoms with E-state index in [1.807, 2.05) is 54.3 Å². The first kappa shape index (κ1) is 20.8. The second-order valence-electron chi connectivity index (χ2n) is 7.73. The fourth-order valence-corrected chi connectivity index (χ4v) is 4.05. The zero-order valence-corrected chi connectivity index (χ0v) is 17.8. The van der Waals surface area contributed by atoms with E-state index in [0.717, 1.165) is 29.7 Å². The summed E-state index contributed by atoms with van der Waals surface area (Å²) in [5.74, 6) is -0.217. The third-order valence-electron chi connectivity index (χ3n) is 5.73. The van der Waals surface area contributed by atoms with Crippen LogP contribution in [0.25, 0.3) is 0 Å². The number of nitrogens with zero attached hydrogens (tertiary/aromatic N) is 1. The van der Waals surface area contributed by atoms with E-state index in [-0.39, 0.29) is 17.9 Å². The first-order valence-corrected chi connectivity index (χ1v) is 10.5. The van der Waals surface area contributed by atoms with Crippen molar-refractivity contribution in [2.75, 3.05) is 23.9 Å². The van der Waals surface area contributed by atoms with Crippen molar-refractivity contribution >= 4 is 23.2 Å². The third-order valence-corrected chi connectivity index (χ3v) is 5.73. The van der Waals surface area contributed by atoms with Crippen molar-refractivity contribution in [2.24, 2.45) is 0 Å². The maximum atomic E-state index is 13.3. The largest absolute Gasteiger partial charge is 0.377 e. The third kappa shape index (κ3) is 4.37. The Hall–Kier alpha value is -3.44. The van der Waals surface area contributed by atoms with E-state index >= 15 is 0 Å². The summed E-state index contributed by atoms with van der Waals surface area (Å²) in [4.78, 5) is 27.7. The lowest BCUT2D eigenvalue weighted by Gasteiger charge is -2.24. The lowest BCUT2D eigenvalue weighted by atomic mass is 10.0. The van der Waals surface area contributed by atoms with Crippen molar-refractivity contribution in [2.45, 2.75) is 25.9 Å². The molecule has 5 nitrogen and oxygen atoms in total. The van der Waals surface area contributed by atoms with Crippen LogP contribution >= 0.6 is 0 Å². The minimum Gasteiger partial charge on any atom is -0.377 e. The Morgan fingerprint density at radius 3 is 2.42 bits per heavy atom. The van der Waals surface area contributed by atoms with Gasteiger partial charge in [0.1, 0.15) is 0 Å². The van der Waals surface area contributed by atoms with Gasteiger partial charge in [0.2, 0.25) is 0 Å². The Kier molecular flexibility index (Phi) is 6.14. The smallest absolute Gasteiger partial charge is 0.258 e. The highest BCUT2D eigenvalue weighted by Crippen LogP contribution is 2.35. The predicted octanol–water partition coefficient (Wildman–Crippen LogP) is 5.38. The molecule has 0 aliphatic carbocycles. The van der Waals surface area contributed by atoms with Gasteiger partial charge in [-0.2, -0.15) is 0 Å². The van der Waals surface area contributed by atoms with Crippen molar-refractivity contribution < 1.29 is 14.3 Å². The van der Waals surface area contributed by atoms with Gasteiger partial charge in [0, 0.05) is 41.7 Å². The van der Waals surface area contributed by atoms with E-state index in [2.05, 4.69) is 5.32 Å². The number of fused-ring (bicyclic) bond motifs is 1. The van der Waals surface area contributed by atoms with Crippen LogP contribution in [-0.2, 0) is 4.74 Å². The lowest BCUT2D eigenvalue weighted by molar-refractivity contribution is 0.0960.